The monoisotopic (exact) mass is 243 g/mol. The van der Waals surface area contributed by atoms with E-state index >= 15 is 0 Å². The number of aromatic nitrogens is 2. The molecule has 0 saturated carbocycles. The van der Waals surface area contributed by atoms with Crippen molar-refractivity contribution in [2.24, 2.45) is 0 Å². The normalized spacial score (nSPS) is 10.4. The van der Waals surface area contributed by atoms with Gasteiger partial charge in [-0.15, -0.1) is 11.6 Å². The third-order valence-corrected chi connectivity index (χ3v) is 2.50. The molecule has 0 unspecified atom stereocenters. The van der Waals surface area contributed by atoms with Crippen LogP contribution in [0.3, 0.4) is 0 Å². The summed E-state index contributed by atoms with van der Waals surface area (Å²) in [5, 5.41) is 3.04. The number of halogens is 1. The summed E-state index contributed by atoms with van der Waals surface area (Å²) in [6.07, 6.45) is 6.21. The van der Waals surface area contributed by atoms with Gasteiger partial charge in [0.25, 0.3) is 5.56 Å². The maximum Gasteiger partial charge on any atom is 0.293 e. The Balaban J connectivity index is 2.59. The number of aryl methyl sites for hydroxylation is 1. The number of anilines is 1. The van der Waals surface area contributed by atoms with Crippen LogP contribution in [0, 0.1) is 0 Å². The van der Waals surface area contributed by atoms with E-state index in [9.17, 15) is 4.79 Å². The van der Waals surface area contributed by atoms with Crippen LogP contribution in [0.1, 0.15) is 26.2 Å². The molecule has 0 fully saturated rings. The van der Waals surface area contributed by atoms with Crippen molar-refractivity contribution < 1.29 is 0 Å². The first-order valence-corrected chi connectivity index (χ1v) is 6.18. The van der Waals surface area contributed by atoms with E-state index in [0.29, 0.717) is 11.7 Å². The van der Waals surface area contributed by atoms with Gasteiger partial charge in [-0.3, -0.25) is 4.79 Å². The highest BCUT2D eigenvalue weighted by atomic mass is 35.5. The fourth-order valence-electron chi connectivity index (χ4n) is 1.41. The Kier molecular flexibility index (Phi) is 5.93. The lowest BCUT2D eigenvalue weighted by atomic mass is 10.3. The zero-order valence-corrected chi connectivity index (χ0v) is 10.3. The van der Waals surface area contributed by atoms with Crippen molar-refractivity contribution in [2.75, 3.05) is 17.7 Å². The molecular formula is C11H18ClN3O. The van der Waals surface area contributed by atoms with E-state index in [2.05, 4.69) is 10.3 Å². The van der Waals surface area contributed by atoms with Crippen molar-refractivity contribution in [3.05, 3.63) is 22.7 Å². The second kappa shape index (κ2) is 7.28. The van der Waals surface area contributed by atoms with Crippen molar-refractivity contribution in [3.63, 3.8) is 0 Å². The highest BCUT2D eigenvalue weighted by Gasteiger charge is 2.02. The Bertz CT molecular complexity index is 364. The first-order valence-electron chi connectivity index (χ1n) is 5.65. The van der Waals surface area contributed by atoms with Crippen LogP contribution in [-0.2, 0) is 6.54 Å². The van der Waals surface area contributed by atoms with Gasteiger partial charge in [-0.1, -0.05) is 6.92 Å². The van der Waals surface area contributed by atoms with Crippen LogP contribution in [0.2, 0.25) is 0 Å². The second-order valence-electron chi connectivity index (χ2n) is 3.60. The van der Waals surface area contributed by atoms with Gasteiger partial charge in [-0.2, -0.15) is 0 Å². The van der Waals surface area contributed by atoms with Crippen molar-refractivity contribution >= 4 is 17.4 Å². The van der Waals surface area contributed by atoms with E-state index in [1.165, 1.54) is 0 Å². The third kappa shape index (κ3) is 3.85. The molecule has 0 amide bonds. The SMILES string of the molecule is CCCn1ccnc(NCCCCCl)c1=O. The van der Waals surface area contributed by atoms with Crippen LogP contribution in [0.15, 0.2) is 17.2 Å². The molecule has 1 aromatic heterocycles. The first kappa shape index (κ1) is 13.0. The van der Waals surface area contributed by atoms with Gasteiger partial charge in [0.05, 0.1) is 0 Å². The average molecular weight is 244 g/mol. The number of hydrogen-bond acceptors (Lipinski definition) is 3. The van der Waals surface area contributed by atoms with Crippen LogP contribution >= 0.6 is 11.6 Å². The maximum absolute atomic E-state index is 11.8. The van der Waals surface area contributed by atoms with Gasteiger partial charge in [0.1, 0.15) is 0 Å². The molecule has 1 rings (SSSR count). The summed E-state index contributed by atoms with van der Waals surface area (Å²) < 4.78 is 1.68. The smallest absolute Gasteiger partial charge is 0.293 e. The van der Waals surface area contributed by atoms with E-state index in [-0.39, 0.29) is 5.56 Å². The molecule has 0 atom stereocenters. The van der Waals surface area contributed by atoms with E-state index in [1.807, 2.05) is 6.92 Å². The minimum atomic E-state index is -0.0461. The molecule has 16 heavy (non-hydrogen) atoms. The largest absolute Gasteiger partial charge is 0.365 e. The van der Waals surface area contributed by atoms with Gasteiger partial charge in [-0.05, 0) is 19.3 Å². The molecule has 1 N–H and O–H groups in total. The van der Waals surface area contributed by atoms with E-state index < -0.39 is 0 Å². The molecule has 1 heterocycles. The predicted molar refractivity (Wildman–Crippen MR) is 67.2 cm³/mol. The third-order valence-electron chi connectivity index (χ3n) is 2.23. The Labute approximate surface area is 101 Å². The topological polar surface area (TPSA) is 46.9 Å². The summed E-state index contributed by atoms with van der Waals surface area (Å²) in [6, 6.07) is 0. The molecule has 0 aliphatic rings. The van der Waals surface area contributed by atoms with E-state index in [1.54, 1.807) is 17.0 Å². The fraction of sp³-hybridized carbons (Fsp3) is 0.636. The number of rotatable bonds is 7. The molecular weight excluding hydrogens is 226 g/mol. The van der Waals surface area contributed by atoms with Crippen molar-refractivity contribution in [3.8, 4) is 0 Å². The molecule has 0 bridgehead atoms. The number of unbranched alkanes of at least 4 members (excludes halogenated alkanes) is 1. The number of alkyl halides is 1. The lowest BCUT2D eigenvalue weighted by Crippen LogP contribution is -2.24. The zero-order valence-electron chi connectivity index (χ0n) is 9.58. The Morgan fingerprint density at radius 3 is 3.00 bits per heavy atom. The quantitative estimate of drug-likeness (QED) is 0.589. The summed E-state index contributed by atoms with van der Waals surface area (Å²) in [4.78, 5) is 15.9. The molecule has 0 aliphatic carbocycles. The average Bonchev–Trinajstić information content (AvgIpc) is 2.29. The van der Waals surface area contributed by atoms with Crippen molar-refractivity contribution in [1.82, 2.24) is 9.55 Å². The van der Waals surface area contributed by atoms with Crippen molar-refractivity contribution in [1.29, 1.82) is 0 Å². The maximum atomic E-state index is 11.8. The summed E-state index contributed by atoms with van der Waals surface area (Å²) >= 11 is 5.57. The summed E-state index contributed by atoms with van der Waals surface area (Å²) in [5.41, 5.74) is -0.0461. The molecule has 0 radical (unpaired) electrons. The Morgan fingerprint density at radius 2 is 2.31 bits per heavy atom. The number of nitrogens with one attached hydrogen (secondary N) is 1. The van der Waals surface area contributed by atoms with E-state index in [0.717, 1.165) is 32.4 Å². The zero-order chi connectivity index (χ0) is 11.8. The predicted octanol–water partition coefficient (Wildman–Crippen LogP) is 2.08. The van der Waals surface area contributed by atoms with Crippen molar-refractivity contribution in [2.45, 2.75) is 32.7 Å². The Hall–Kier alpha value is -1.03. The van der Waals surface area contributed by atoms with Gasteiger partial charge in [0.2, 0.25) is 0 Å². The lowest BCUT2D eigenvalue weighted by Gasteiger charge is -2.07. The van der Waals surface area contributed by atoms with Gasteiger partial charge in [-0.25, -0.2) is 4.98 Å². The molecule has 5 heteroatoms. The van der Waals surface area contributed by atoms with Crippen LogP contribution in [0.4, 0.5) is 5.82 Å². The van der Waals surface area contributed by atoms with Crippen LogP contribution in [-0.4, -0.2) is 22.0 Å². The first-order chi connectivity index (χ1) is 7.79. The Morgan fingerprint density at radius 1 is 1.50 bits per heavy atom. The van der Waals surface area contributed by atoms with Gasteiger partial charge in [0, 0.05) is 31.4 Å². The molecule has 0 aliphatic heterocycles. The number of nitrogens with zero attached hydrogens (tertiary/aromatic N) is 2. The molecule has 0 spiro atoms. The van der Waals surface area contributed by atoms with Gasteiger partial charge < -0.3 is 9.88 Å². The highest BCUT2D eigenvalue weighted by molar-refractivity contribution is 6.17. The summed E-state index contributed by atoms with van der Waals surface area (Å²) in [5.74, 6) is 1.09. The molecule has 4 nitrogen and oxygen atoms in total. The fourth-order valence-corrected chi connectivity index (χ4v) is 1.60. The second-order valence-corrected chi connectivity index (χ2v) is 3.98. The van der Waals surface area contributed by atoms with Crippen LogP contribution < -0.4 is 10.9 Å². The minimum absolute atomic E-state index is 0.0461. The highest BCUT2D eigenvalue weighted by Crippen LogP contribution is 1.97. The van der Waals surface area contributed by atoms with Crippen LogP contribution in [0.25, 0.3) is 0 Å². The summed E-state index contributed by atoms with van der Waals surface area (Å²) in [6.45, 7) is 3.52. The molecule has 0 aromatic carbocycles. The summed E-state index contributed by atoms with van der Waals surface area (Å²) in [7, 11) is 0. The lowest BCUT2D eigenvalue weighted by molar-refractivity contribution is 0.649. The standard InChI is InChI=1S/C11H18ClN3O/c1-2-8-15-9-7-14-10(11(15)16)13-6-4-3-5-12/h7,9H,2-6,8H2,1H3,(H,13,14). The molecule has 90 valence electrons. The molecule has 1 aromatic rings. The molecule has 0 saturated heterocycles. The van der Waals surface area contributed by atoms with Gasteiger partial charge >= 0.3 is 0 Å². The minimum Gasteiger partial charge on any atom is -0.365 e. The van der Waals surface area contributed by atoms with Gasteiger partial charge in [0.15, 0.2) is 5.82 Å². The van der Waals surface area contributed by atoms with Crippen LogP contribution in [0.5, 0.6) is 0 Å². The van der Waals surface area contributed by atoms with E-state index in [4.69, 9.17) is 11.6 Å². The number of hydrogen-bond donors (Lipinski definition) is 1.